The number of hydrogen-bond acceptors (Lipinski definition) is 3. The van der Waals surface area contributed by atoms with E-state index in [1.54, 1.807) is 18.9 Å². The number of rotatable bonds is 7. The van der Waals surface area contributed by atoms with Crippen LogP contribution >= 0.6 is 27.7 Å². The van der Waals surface area contributed by atoms with Crippen LogP contribution in [0.1, 0.15) is 18.9 Å². The summed E-state index contributed by atoms with van der Waals surface area (Å²) in [6.45, 7) is 2.90. The van der Waals surface area contributed by atoms with Crippen molar-refractivity contribution in [1.82, 2.24) is 0 Å². The van der Waals surface area contributed by atoms with Gasteiger partial charge in [0.2, 0.25) is 0 Å². The smallest absolute Gasteiger partial charge is 0.0556 e. The Bertz CT molecular complexity index is 346. The lowest BCUT2D eigenvalue weighted by molar-refractivity contribution is 0.218. The van der Waals surface area contributed by atoms with Crippen LogP contribution in [0.25, 0.3) is 0 Å². The van der Waals surface area contributed by atoms with E-state index >= 15 is 0 Å². The van der Waals surface area contributed by atoms with Gasteiger partial charge < -0.3 is 10.5 Å². The van der Waals surface area contributed by atoms with Crippen LogP contribution in [0.4, 0.5) is 0 Å². The standard InChI is InChI=1S/C13H20BrNOS/c1-3-11(15)8-10-4-5-12(9-13(10)14)17-7-6-16-2/h4-5,9,11H,3,6-8,15H2,1-2H3. The number of ether oxygens (including phenoxy) is 1. The molecule has 1 aromatic rings. The van der Waals surface area contributed by atoms with Crippen LogP contribution in [0.15, 0.2) is 27.6 Å². The van der Waals surface area contributed by atoms with Crippen LogP contribution in [0.5, 0.6) is 0 Å². The maximum Gasteiger partial charge on any atom is 0.0556 e. The van der Waals surface area contributed by atoms with E-state index < -0.39 is 0 Å². The SMILES string of the molecule is CCC(N)Cc1ccc(SCCOC)cc1Br. The van der Waals surface area contributed by atoms with Crippen molar-refractivity contribution in [2.75, 3.05) is 19.5 Å². The molecule has 17 heavy (non-hydrogen) atoms. The molecule has 1 aromatic carbocycles. The number of thioether (sulfide) groups is 1. The van der Waals surface area contributed by atoms with E-state index in [1.807, 2.05) is 0 Å². The third-order valence-electron chi connectivity index (χ3n) is 2.59. The summed E-state index contributed by atoms with van der Waals surface area (Å²) in [6.07, 6.45) is 1.94. The van der Waals surface area contributed by atoms with Crippen LogP contribution in [-0.2, 0) is 11.2 Å². The Morgan fingerprint density at radius 1 is 1.47 bits per heavy atom. The zero-order chi connectivity index (χ0) is 12.7. The summed E-state index contributed by atoms with van der Waals surface area (Å²) < 4.78 is 6.19. The molecule has 2 N–H and O–H groups in total. The van der Waals surface area contributed by atoms with Crippen LogP contribution in [0, 0.1) is 0 Å². The fraction of sp³-hybridized carbons (Fsp3) is 0.538. The summed E-state index contributed by atoms with van der Waals surface area (Å²) in [5.41, 5.74) is 7.26. The van der Waals surface area contributed by atoms with E-state index in [-0.39, 0.29) is 6.04 Å². The third kappa shape index (κ3) is 5.42. The van der Waals surface area contributed by atoms with E-state index in [0.29, 0.717) is 0 Å². The first kappa shape index (κ1) is 15.0. The van der Waals surface area contributed by atoms with Gasteiger partial charge in [0.05, 0.1) is 6.61 Å². The Kier molecular flexibility index (Phi) is 7.19. The summed E-state index contributed by atoms with van der Waals surface area (Å²) in [5.74, 6) is 0.983. The first-order valence-corrected chi connectivity index (χ1v) is 7.61. The fourth-order valence-corrected chi connectivity index (χ4v) is 3.00. The normalized spacial score (nSPS) is 12.7. The summed E-state index contributed by atoms with van der Waals surface area (Å²) in [7, 11) is 1.73. The minimum atomic E-state index is 0.248. The topological polar surface area (TPSA) is 35.2 Å². The van der Waals surface area contributed by atoms with Crippen molar-refractivity contribution < 1.29 is 4.74 Å². The molecular weight excluding hydrogens is 298 g/mol. The lowest BCUT2D eigenvalue weighted by Gasteiger charge is -2.11. The molecule has 0 amide bonds. The van der Waals surface area contributed by atoms with Crippen molar-refractivity contribution in [2.45, 2.75) is 30.7 Å². The van der Waals surface area contributed by atoms with E-state index in [0.717, 1.165) is 29.7 Å². The van der Waals surface area contributed by atoms with E-state index in [2.05, 4.69) is 41.1 Å². The highest BCUT2D eigenvalue weighted by Crippen LogP contribution is 2.26. The molecule has 0 bridgehead atoms. The molecule has 1 rings (SSSR count). The summed E-state index contributed by atoms with van der Waals surface area (Å²) >= 11 is 5.42. The quantitative estimate of drug-likeness (QED) is 0.618. The molecule has 0 fully saturated rings. The Labute approximate surface area is 116 Å². The first-order valence-electron chi connectivity index (χ1n) is 5.83. The second-order valence-electron chi connectivity index (χ2n) is 3.97. The van der Waals surface area contributed by atoms with Crippen molar-refractivity contribution >= 4 is 27.7 Å². The summed E-state index contributed by atoms with van der Waals surface area (Å²) in [4.78, 5) is 1.27. The number of methoxy groups -OCH3 is 1. The maximum atomic E-state index is 5.97. The van der Waals surface area contributed by atoms with Gasteiger partial charge in [-0.1, -0.05) is 28.9 Å². The Hall–Kier alpha value is -0.0300. The molecular formula is C13H20BrNOS. The van der Waals surface area contributed by atoms with Gasteiger partial charge in [0.1, 0.15) is 0 Å². The number of hydrogen-bond donors (Lipinski definition) is 1. The zero-order valence-electron chi connectivity index (χ0n) is 10.4. The van der Waals surface area contributed by atoms with Crippen molar-refractivity contribution in [3.8, 4) is 0 Å². The van der Waals surface area contributed by atoms with Crippen molar-refractivity contribution in [3.05, 3.63) is 28.2 Å². The van der Waals surface area contributed by atoms with Gasteiger partial charge in [-0.15, -0.1) is 11.8 Å². The van der Waals surface area contributed by atoms with Gasteiger partial charge in [-0.25, -0.2) is 0 Å². The largest absolute Gasteiger partial charge is 0.384 e. The van der Waals surface area contributed by atoms with Gasteiger partial charge in [0, 0.05) is 28.3 Å². The van der Waals surface area contributed by atoms with Crippen LogP contribution in [-0.4, -0.2) is 25.5 Å². The minimum Gasteiger partial charge on any atom is -0.384 e. The van der Waals surface area contributed by atoms with Crippen molar-refractivity contribution in [3.63, 3.8) is 0 Å². The van der Waals surface area contributed by atoms with Gasteiger partial charge in [-0.3, -0.25) is 0 Å². The molecule has 0 saturated carbocycles. The summed E-state index contributed by atoms with van der Waals surface area (Å²) in [5, 5.41) is 0. The molecule has 0 aliphatic heterocycles. The average Bonchev–Trinajstić information content (AvgIpc) is 2.32. The second-order valence-corrected chi connectivity index (χ2v) is 5.99. The number of nitrogens with two attached hydrogens (primary N) is 1. The molecule has 0 saturated heterocycles. The number of benzene rings is 1. The molecule has 0 radical (unpaired) electrons. The highest BCUT2D eigenvalue weighted by molar-refractivity contribution is 9.10. The molecule has 4 heteroatoms. The first-order chi connectivity index (χ1) is 8.17. The highest BCUT2D eigenvalue weighted by Gasteiger charge is 2.06. The second kappa shape index (κ2) is 8.14. The van der Waals surface area contributed by atoms with Gasteiger partial charge in [0.15, 0.2) is 0 Å². The van der Waals surface area contributed by atoms with E-state index in [1.165, 1.54) is 10.5 Å². The van der Waals surface area contributed by atoms with E-state index in [4.69, 9.17) is 10.5 Å². The van der Waals surface area contributed by atoms with Crippen LogP contribution in [0.2, 0.25) is 0 Å². The lowest BCUT2D eigenvalue weighted by Crippen LogP contribution is -2.21. The predicted octanol–water partition coefficient (Wildman–Crippen LogP) is 3.47. The lowest BCUT2D eigenvalue weighted by atomic mass is 10.1. The van der Waals surface area contributed by atoms with Gasteiger partial charge in [-0.05, 0) is 30.5 Å². The monoisotopic (exact) mass is 317 g/mol. The van der Waals surface area contributed by atoms with Crippen molar-refractivity contribution in [2.24, 2.45) is 5.73 Å². The molecule has 0 aromatic heterocycles. The highest BCUT2D eigenvalue weighted by atomic mass is 79.9. The number of halogens is 1. The van der Waals surface area contributed by atoms with Crippen LogP contribution in [0.3, 0.4) is 0 Å². The third-order valence-corrected chi connectivity index (χ3v) is 4.28. The Morgan fingerprint density at radius 3 is 2.82 bits per heavy atom. The Morgan fingerprint density at radius 2 is 2.24 bits per heavy atom. The van der Waals surface area contributed by atoms with E-state index in [9.17, 15) is 0 Å². The van der Waals surface area contributed by atoms with Crippen LogP contribution < -0.4 is 5.73 Å². The van der Waals surface area contributed by atoms with Gasteiger partial charge in [-0.2, -0.15) is 0 Å². The zero-order valence-corrected chi connectivity index (χ0v) is 12.8. The molecule has 96 valence electrons. The molecule has 2 nitrogen and oxygen atoms in total. The van der Waals surface area contributed by atoms with Gasteiger partial charge in [0.25, 0.3) is 0 Å². The minimum absolute atomic E-state index is 0.248. The predicted molar refractivity (Wildman–Crippen MR) is 78.7 cm³/mol. The van der Waals surface area contributed by atoms with Crippen molar-refractivity contribution in [1.29, 1.82) is 0 Å². The summed E-state index contributed by atoms with van der Waals surface area (Å²) in [6, 6.07) is 6.73. The molecule has 0 aliphatic rings. The van der Waals surface area contributed by atoms with Gasteiger partial charge >= 0.3 is 0 Å². The average molecular weight is 318 g/mol. The molecule has 0 aliphatic carbocycles. The molecule has 0 heterocycles. The Balaban J connectivity index is 2.59. The maximum absolute atomic E-state index is 5.97. The molecule has 1 atom stereocenters. The molecule has 1 unspecified atom stereocenters. The fourth-order valence-electron chi connectivity index (χ4n) is 1.45. The molecule has 0 spiro atoms.